The molecule has 2 aromatic rings. The molecule has 1 aromatic carbocycles. The summed E-state index contributed by atoms with van der Waals surface area (Å²) in [4.78, 5) is 0. The van der Waals surface area contributed by atoms with Crippen molar-refractivity contribution >= 4 is 16.7 Å². The highest BCUT2D eigenvalue weighted by Crippen LogP contribution is 2.17. The Balaban J connectivity index is 2.85. The highest BCUT2D eigenvalue weighted by molar-refractivity contribution is 5.76. The fraction of sp³-hybridized carbons (Fsp3) is 0.417. The van der Waals surface area contributed by atoms with Gasteiger partial charge < -0.3 is 5.73 Å². The fourth-order valence-corrected chi connectivity index (χ4v) is 2.28. The first kappa shape index (κ1) is 10.0. The first-order chi connectivity index (χ1) is 7.19. The summed E-state index contributed by atoms with van der Waals surface area (Å²) in [6, 6.07) is 6.12. The number of benzene rings is 1. The molecule has 0 bridgehead atoms. The van der Waals surface area contributed by atoms with E-state index in [-0.39, 0.29) is 0 Å². The number of rotatable bonds is 2. The summed E-state index contributed by atoms with van der Waals surface area (Å²) in [6.45, 7) is 8.47. The molecule has 0 aliphatic rings. The molecule has 0 aliphatic carbocycles. The van der Waals surface area contributed by atoms with Crippen LogP contribution in [-0.2, 0) is 13.1 Å². The summed E-state index contributed by atoms with van der Waals surface area (Å²) >= 11 is 0. The molecule has 0 amide bonds. The SMILES string of the molecule is CCn1c(C)[n+](CC)c2ccc(N)cc21. The van der Waals surface area contributed by atoms with Crippen molar-refractivity contribution < 1.29 is 4.57 Å². The normalized spacial score (nSPS) is 11.1. The van der Waals surface area contributed by atoms with Gasteiger partial charge >= 0.3 is 0 Å². The molecule has 1 heterocycles. The zero-order valence-corrected chi connectivity index (χ0v) is 9.62. The van der Waals surface area contributed by atoms with Gasteiger partial charge in [0.05, 0.1) is 13.1 Å². The average Bonchev–Trinajstić information content (AvgIpc) is 2.48. The lowest BCUT2D eigenvalue weighted by Crippen LogP contribution is -2.35. The zero-order valence-electron chi connectivity index (χ0n) is 9.62. The third-order valence-corrected chi connectivity index (χ3v) is 2.99. The number of nitrogens with two attached hydrogens (primary N) is 1. The van der Waals surface area contributed by atoms with Crippen molar-refractivity contribution in [2.75, 3.05) is 5.73 Å². The first-order valence-electron chi connectivity index (χ1n) is 5.47. The van der Waals surface area contributed by atoms with Crippen molar-refractivity contribution in [2.24, 2.45) is 0 Å². The maximum absolute atomic E-state index is 5.83. The van der Waals surface area contributed by atoms with Crippen LogP contribution >= 0.6 is 0 Å². The quantitative estimate of drug-likeness (QED) is 0.588. The number of hydrogen-bond acceptors (Lipinski definition) is 1. The van der Waals surface area contributed by atoms with Gasteiger partial charge in [-0.1, -0.05) is 0 Å². The first-order valence-corrected chi connectivity index (χ1v) is 5.47. The Morgan fingerprint density at radius 2 is 2.07 bits per heavy atom. The van der Waals surface area contributed by atoms with Crippen molar-refractivity contribution in [1.82, 2.24) is 4.57 Å². The van der Waals surface area contributed by atoms with Crippen molar-refractivity contribution in [3.63, 3.8) is 0 Å². The molecule has 0 atom stereocenters. The van der Waals surface area contributed by atoms with Gasteiger partial charge in [-0.15, -0.1) is 0 Å². The van der Waals surface area contributed by atoms with Crippen molar-refractivity contribution in [3.8, 4) is 0 Å². The van der Waals surface area contributed by atoms with Crippen LogP contribution in [0.5, 0.6) is 0 Å². The van der Waals surface area contributed by atoms with Crippen LogP contribution in [0.1, 0.15) is 19.7 Å². The highest BCUT2D eigenvalue weighted by atomic mass is 15.2. The Morgan fingerprint density at radius 3 is 2.67 bits per heavy atom. The summed E-state index contributed by atoms with van der Waals surface area (Å²) < 4.78 is 4.62. The van der Waals surface area contributed by atoms with Crippen LogP contribution in [-0.4, -0.2) is 4.57 Å². The molecule has 0 spiro atoms. The molecule has 0 saturated heterocycles. The van der Waals surface area contributed by atoms with E-state index in [0.29, 0.717) is 0 Å². The number of imidazole rings is 1. The topological polar surface area (TPSA) is 34.8 Å². The summed E-state index contributed by atoms with van der Waals surface area (Å²) in [5, 5.41) is 0. The molecule has 0 radical (unpaired) electrons. The number of aromatic nitrogens is 2. The van der Waals surface area contributed by atoms with Crippen LogP contribution < -0.4 is 10.3 Å². The molecule has 2 N–H and O–H groups in total. The van der Waals surface area contributed by atoms with E-state index in [1.807, 2.05) is 6.07 Å². The standard InChI is InChI=1S/C12H18N3/c1-4-14-9(3)15(5-2)12-8-10(13)6-7-11(12)14/h6-8H,4-5,13H2,1-3H3/q+1. The van der Waals surface area contributed by atoms with E-state index in [2.05, 4.69) is 42.0 Å². The second kappa shape index (κ2) is 3.57. The van der Waals surface area contributed by atoms with E-state index in [0.717, 1.165) is 18.8 Å². The van der Waals surface area contributed by atoms with E-state index < -0.39 is 0 Å². The van der Waals surface area contributed by atoms with E-state index in [1.54, 1.807) is 0 Å². The predicted octanol–water partition coefficient (Wildman–Crippen LogP) is 1.86. The molecular weight excluding hydrogens is 186 g/mol. The van der Waals surface area contributed by atoms with Gasteiger partial charge in [0.2, 0.25) is 0 Å². The number of fused-ring (bicyclic) bond motifs is 1. The van der Waals surface area contributed by atoms with Crippen molar-refractivity contribution in [1.29, 1.82) is 0 Å². The molecule has 80 valence electrons. The molecule has 3 heteroatoms. The Kier molecular flexibility index (Phi) is 2.39. The monoisotopic (exact) mass is 204 g/mol. The van der Waals surface area contributed by atoms with E-state index in [4.69, 9.17) is 5.73 Å². The molecule has 2 rings (SSSR count). The van der Waals surface area contributed by atoms with Gasteiger partial charge in [-0.25, -0.2) is 9.13 Å². The van der Waals surface area contributed by atoms with Gasteiger partial charge in [-0.05, 0) is 26.0 Å². The zero-order chi connectivity index (χ0) is 11.0. The van der Waals surface area contributed by atoms with Crippen molar-refractivity contribution in [2.45, 2.75) is 33.9 Å². The van der Waals surface area contributed by atoms with Crippen LogP contribution in [0.2, 0.25) is 0 Å². The summed E-state index contributed by atoms with van der Waals surface area (Å²) in [5.41, 5.74) is 9.16. The third-order valence-electron chi connectivity index (χ3n) is 2.99. The molecule has 0 unspecified atom stereocenters. The van der Waals surface area contributed by atoms with Gasteiger partial charge in [0.1, 0.15) is 0 Å². The lowest BCUT2D eigenvalue weighted by atomic mass is 10.3. The second-order valence-electron chi connectivity index (χ2n) is 3.78. The smallest absolute Gasteiger partial charge is 0.254 e. The summed E-state index contributed by atoms with van der Waals surface area (Å²) in [6.07, 6.45) is 0. The third kappa shape index (κ3) is 1.39. The Hall–Kier alpha value is -1.51. The minimum Gasteiger partial charge on any atom is -0.399 e. The summed E-state index contributed by atoms with van der Waals surface area (Å²) in [5.74, 6) is 1.29. The maximum atomic E-state index is 5.83. The Bertz CT molecular complexity index is 497. The Morgan fingerprint density at radius 1 is 1.33 bits per heavy atom. The fourth-order valence-electron chi connectivity index (χ4n) is 2.28. The van der Waals surface area contributed by atoms with Gasteiger partial charge in [-0.3, -0.25) is 0 Å². The van der Waals surface area contributed by atoms with E-state index >= 15 is 0 Å². The number of anilines is 1. The Labute approximate surface area is 90.1 Å². The van der Waals surface area contributed by atoms with Crippen LogP contribution in [0.25, 0.3) is 11.0 Å². The number of aryl methyl sites for hydroxylation is 2. The predicted molar refractivity (Wildman–Crippen MR) is 62.6 cm³/mol. The molecule has 15 heavy (non-hydrogen) atoms. The van der Waals surface area contributed by atoms with Gasteiger partial charge in [0.15, 0.2) is 11.0 Å². The minimum atomic E-state index is 0.831. The molecule has 0 saturated carbocycles. The molecule has 3 nitrogen and oxygen atoms in total. The van der Waals surface area contributed by atoms with E-state index in [9.17, 15) is 0 Å². The van der Waals surface area contributed by atoms with Crippen LogP contribution in [0.15, 0.2) is 18.2 Å². The minimum absolute atomic E-state index is 0.831. The maximum Gasteiger partial charge on any atom is 0.254 e. The highest BCUT2D eigenvalue weighted by Gasteiger charge is 2.18. The average molecular weight is 204 g/mol. The van der Waals surface area contributed by atoms with Gasteiger partial charge in [0, 0.05) is 18.7 Å². The van der Waals surface area contributed by atoms with Crippen LogP contribution in [0.4, 0.5) is 5.69 Å². The molecule has 0 fully saturated rings. The van der Waals surface area contributed by atoms with Gasteiger partial charge in [-0.2, -0.15) is 0 Å². The lowest BCUT2D eigenvalue weighted by molar-refractivity contribution is -0.674. The van der Waals surface area contributed by atoms with Crippen LogP contribution in [0.3, 0.4) is 0 Å². The number of nitrogen functional groups attached to an aromatic ring is 1. The van der Waals surface area contributed by atoms with Crippen LogP contribution in [0, 0.1) is 6.92 Å². The second-order valence-corrected chi connectivity index (χ2v) is 3.78. The largest absolute Gasteiger partial charge is 0.399 e. The molecular formula is C12H18N3+. The summed E-state index contributed by atoms with van der Waals surface area (Å²) in [7, 11) is 0. The molecule has 1 aromatic heterocycles. The van der Waals surface area contributed by atoms with E-state index in [1.165, 1.54) is 16.9 Å². The lowest BCUT2D eigenvalue weighted by Gasteiger charge is -1.94. The molecule has 0 aliphatic heterocycles. The number of nitrogens with zero attached hydrogens (tertiary/aromatic N) is 2. The van der Waals surface area contributed by atoms with Gasteiger partial charge in [0.25, 0.3) is 5.82 Å². The van der Waals surface area contributed by atoms with Crippen molar-refractivity contribution in [3.05, 3.63) is 24.0 Å². The number of hydrogen-bond donors (Lipinski definition) is 1.